The Morgan fingerprint density at radius 2 is 1.79 bits per heavy atom. The van der Waals surface area contributed by atoms with Crippen LogP contribution in [0.25, 0.3) is 6.08 Å². The molecule has 2 aromatic carbocycles. The van der Waals surface area contributed by atoms with Gasteiger partial charge in [-0.25, -0.2) is 4.79 Å². The predicted molar refractivity (Wildman–Crippen MR) is 131 cm³/mol. The summed E-state index contributed by atoms with van der Waals surface area (Å²) in [5.74, 6) is -0.227. The van der Waals surface area contributed by atoms with E-state index in [0.717, 1.165) is 37.7 Å². The molecule has 2 fully saturated rings. The van der Waals surface area contributed by atoms with Crippen molar-refractivity contribution >= 4 is 39.9 Å². The number of nitrogens with one attached hydrogen (secondary N) is 1. The Labute approximate surface area is 207 Å². The van der Waals surface area contributed by atoms with Crippen LogP contribution in [-0.4, -0.2) is 35.4 Å². The van der Waals surface area contributed by atoms with E-state index in [-0.39, 0.29) is 11.6 Å². The molecule has 7 nitrogen and oxygen atoms in total. The summed E-state index contributed by atoms with van der Waals surface area (Å²) >= 11 is 3.54. The van der Waals surface area contributed by atoms with Gasteiger partial charge in [0, 0.05) is 6.04 Å². The molecule has 0 radical (unpaired) electrons. The minimum Gasteiger partial charge on any atom is -0.490 e. The van der Waals surface area contributed by atoms with Crippen LogP contribution in [0.5, 0.6) is 11.5 Å². The van der Waals surface area contributed by atoms with Gasteiger partial charge in [-0.3, -0.25) is 19.8 Å². The highest BCUT2D eigenvalue weighted by Crippen LogP contribution is 2.38. The van der Waals surface area contributed by atoms with Crippen molar-refractivity contribution in [2.75, 3.05) is 6.61 Å². The molecule has 2 aromatic rings. The van der Waals surface area contributed by atoms with Gasteiger partial charge in [0.2, 0.25) is 0 Å². The van der Waals surface area contributed by atoms with Gasteiger partial charge in [0.1, 0.15) is 12.2 Å². The predicted octanol–water partition coefficient (Wildman–Crippen LogP) is 5.22. The Kier molecular flexibility index (Phi) is 7.67. The van der Waals surface area contributed by atoms with Crippen molar-refractivity contribution in [2.24, 2.45) is 0 Å². The number of amides is 4. The second-order valence-corrected chi connectivity index (χ2v) is 9.18. The third-order valence-electron chi connectivity index (χ3n) is 5.94. The minimum atomic E-state index is -0.694. The van der Waals surface area contributed by atoms with Gasteiger partial charge in [-0.05, 0) is 65.0 Å². The molecule has 0 aromatic heterocycles. The summed E-state index contributed by atoms with van der Waals surface area (Å²) in [5, 5.41) is 2.32. The van der Waals surface area contributed by atoms with Gasteiger partial charge in [-0.15, -0.1) is 0 Å². The molecule has 2 aliphatic rings. The number of carbonyl (C=O) groups excluding carboxylic acids is 3. The zero-order valence-corrected chi connectivity index (χ0v) is 20.6. The zero-order valence-electron chi connectivity index (χ0n) is 19.0. The molecule has 1 aliphatic heterocycles. The summed E-state index contributed by atoms with van der Waals surface area (Å²) < 4.78 is 12.4. The van der Waals surface area contributed by atoms with Crippen LogP contribution in [0, 0.1) is 0 Å². The molecule has 1 saturated carbocycles. The number of carbonyl (C=O) groups is 3. The van der Waals surface area contributed by atoms with E-state index >= 15 is 0 Å². The van der Waals surface area contributed by atoms with Crippen LogP contribution in [0.15, 0.2) is 52.5 Å². The summed E-state index contributed by atoms with van der Waals surface area (Å²) in [4.78, 5) is 39.4. The summed E-state index contributed by atoms with van der Waals surface area (Å²) in [7, 11) is 0. The molecule has 4 rings (SSSR count). The minimum absolute atomic E-state index is 0.0718. The molecule has 8 heteroatoms. The van der Waals surface area contributed by atoms with E-state index in [1.54, 1.807) is 12.1 Å². The molecular formula is C26H27BrN2O5. The molecule has 1 aliphatic carbocycles. The normalized spacial score (nSPS) is 18.2. The Balaban J connectivity index is 1.62. The number of hydrogen-bond acceptors (Lipinski definition) is 5. The lowest BCUT2D eigenvalue weighted by Gasteiger charge is -2.35. The number of urea groups is 1. The maximum absolute atomic E-state index is 13.2. The zero-order chi connectivity index (χ0) is 24.1. The van der Waals surface area contributed by atoms with E-state index < -0.39 is 17.8 Å². The highest BCUT2D eigenvalue weighted by Gasteiger charge is 2.40. The lowest BCUT2D eigenvalue weighted by atomic mass is 9.93. The van der Waals surface area contributed by atoms with Crippen LogP contribution in [0.1, 0.15) is 50.2 Å². The van der Waals surface area contributed by atoms with Gasteiger partial charge in [-0.2, -0.15) is 0 Å². The van der Waals surface area contributed by atoms with Crippen molar-refractivity contribution < 1.29 is 23.9 Å². The molecule has 1 saturated heterocycles. The second kappa shape index (κ2) is 10.9. The lowest BCUT2D eigenvalue weighted by Crippen LogP contribution is -2.58. The molecule has 0 spiro atoms. The van der Waals surface area contributed by atoms with Crippen LogP contribution in [0.4, 0.5) is 4.79 Å². The third-order valence-corrected chi connectivity index (χ3v) is 6.53. The van der Waals surface area contributed by atoms with Gasteiger partial charge in [-0.1, -0.05) is 49.6 Å². The third kappa shape index (κ3) is 5.33. The van der Waals surface area contributed by atoms with Crippen LogP contribution in [0.3, 0.4) is 0 Å². The molecular weight excluding hydrogens is 500 g/mol. The van der Waals surface area contributed by atoms with Crippen LogP contribution in [-0.2, 0) is 16.2 Å². The average molecular weight is 527 g/mol. The van der Waals surface area contributed by atoms with Crippen molar-refractivity contribution in [2.45, 2.75) is 51.7 Å². The fourth-order valence-electron chi connectivity index (χ4n) is 4.31. The fraction of sp³-hybridized carbons (Fsp3) is 0.346. The monoisotopic (exact) mass is 526 g/mol. The largest absolute Gasteiger partial charge is 0.490 e. The first-order valence-electron chi connectivity index (χ1n) is 11.5. The van der Waals surface area contributed by atoms with Crippen molar-refractivity contribution in [1.29, 1.82) is 0 Å². The number of halogens is 1. The Hall–Kier alpha value is -3.13. The van der Waals surface area contributed by atoms with Crippen LogP contribution >= 0.6 is 15.9 Å². The van der Waals surface area contributed by atoms with Gasteiger partial charge in [0.15, 0.2) is 11.5 Å². The number of nitrogens with zero attached hydrogens (tertiary/aromatic N) is 1. The number of imide groups is 2. The van der Waals surface area contributed by atoms with Gasteiger partial charge >= 0.3 is 6.03 Å². The summed E-state index contributed by atoms with van der Waals surface area (Å²) in [6, 6.07) is 12.4. The van der Waals surface area contributed by atoms with Crippen molar-refractivity contribution in [3.05, 3.63) is 63.6 Å². The summed E-state index contributed by atoms with van der Waals surface area (Å²) in [5.41, 5.74) is 1.52. The molecule has 0 atom stereocenters. The smallest absolute Gasteiger partial charge is 0.331 e. The van der Waals surface area contributed by atoms with Crippen molar-refractivity contribution in [3.8, 4) is 11.5 Å². The fourth-order valence-corrected chi connectivity index (χ4v) is 4.89. The molecule has 0 bridgehead atoms. The summed E-state index contributed by atoms with van der Waals surface area (Å²) in [6.45, 7) is 2.64. The number of hydrogen-bond donors (Lipinski definition) is 1. The van der Waals surface area contributed by atoms with E-state index in [0.29, 0.717) is 34.7 Å². The topological polar surface area (TPSA) is 84.9 Å². The van der Waals surface area contributed by atoms with Gasteiger partial charge in [0.05, 0.1) is 11.1 Å². The Bertz CT molecular complexity index is 1110. The first-order chi connectivity index (χ1) is 16.5. The standard InChI is InChI=1S/C26H27BrN2O5/c1-2-33-22-15-18(14-21(27)23(22)34-16-17-9-5-3-6-10-17)13-20-24(30)28-26(32)29(25(20)31)19-11-7-4-8-12-19/h3,5-6,9-10,13-15,19H,2,4,7-8,11-12,16H2,1H3,(H,28,30,32). The van der Waals surface area contributed by atoms with Crippen molar-refractivity contribution in [3.63, 3.8) is 0 Å². The molecule has 178 valence electrons. The van der Waals surface area contributed by atoms with Gasteiger partial charge in [0.25, 0.3) is 11.8 Å². The second-order valence-electron chi connectivity index (χ2n) is 8.32. The van der Waals surface area contributed by atoms with Crippen molar-refractivity contribution in [1.82, 2.24) is 10.2 Å². The Morgan fingerprint density at radius 3 is 2.50 bits per heavy atom. The highest BCUT2D eigenvalue weighted by molar-refractivity contribution is 9.10. The van der Waals surface area contributed by atoms with E-state index in [1.165, 1.54) is 11.0 Å². The van der Waals surface area contributed by atoms with E-state index in [1.807, 2.05) is 37.3 Å². The molecule has 34 heavy (non-hydrogen) atoms. The number of rotatable bonds is 7. The summed E-state index contributed by atoms with van der Waals surface area (Å²) in [6.07, 6.45) is 6.03. The number of ether oxygens (including phenoxy) is 2. The molecule has 0 unspecified atom stereocenters. The van der Waals surface area contributed by atoms with Gasteiger partial charge < -0.3 is 9.47 Å². The quantitative estimate of drug-likeness (QED) is 0.394. The highest BCUT2D eigenvalue weighted by atomic mass is 79.9. The maximum Gasteiger partial charge on any atom is 0.331 e. The first-order valence-corrected chi connectivity index (χ1v) is 12.3. The maximum atomic E-state index is 13.2. The number of benzene rings is 2. The van der Waals surface area contributed by atoms with E-state index in [9.17, 15) is 14.4 Å². The van der Waals surface area contributed by atoms with E-state index in [4.69, 9.17) is 9.47 Å². The SMILES string of the molecule is CCOc1cc(C=C2C(=O)NC(=O)N(C3CCCCC3)C2=O)cc(Br)c1OCc1ccccc1. The number of barbiturate groups is 1. The van der Waals surface area contributed by atoms with Crippen LogP contribution < -0.4 is 14.8 Å². The molecule has 4 amide bonds. The molecule has 1 heterocycles. The van der Waals surface area contributed by atoms with E-state index in [2.05, 4.69) is 21.2 Å². The Morgan fingerprint density at radius 1 is 1.06 bits per heavy atom. The molecule has 1 N–H and O–H groups in total. The first kappa shape index (κ1) is 24.0. The lowest BCUT2D eigenvalue weighted by molar-refractivity contribution is -0.132. The average Bonchev–Trinajstić information content (AvgIpc) is 2.83. The van der Waals surface area contributed by atoms with Crippen LogP contribution in [0.2, 0.25) is 0 Å².